The highest BCUT2D eigenvalue weighted by Crippen LogP contribution is 2.37. The highest BCUT2D eigenvalue weighted by molar-refractivity contribution is 7.92. The number of sulfonamides is 1. The zero-order valence-corrected chi connectivity index (χ0v) is 19.3. The van der Waals surface area contributed by atoms with Gasteiger partial charge in [0.2, 0.25) is 0 Å². The SMILES string of the molecule is COc1ccc(CCN2CN(S(=O)(=O)c3cccc(C)c3)c3nc4ccccc4nc32)cc1. The predicted molar refractivity (Wildman–Crippen MR) is 129 cm³/mol. The molecule has 2 heterocycles. The molecule has 1 aliphatic heterocycles. The van der Waals surface area contributed by atoms with Crippen molar-refractivity contribution in [3.63, 3.8) is 0 Å². The van der Waals surface area contributed by atoms with Gasteiger partial charge in [-0.2, -0.15) is 0 Å². The molecule has 8 heteroatoms. The molecule has 3 aromatic carbocycles. The normalized spacial score (nSPS) is 13.4. The van der Waals surface area contributed by atoms with Crippen LogP contribution in [-0.2, 0) is 16.4 Å². The fourth-order valence-corrected chi connectivity index (χ4v) is 5.46. The second-order valence-electron chi connectivity index (χ2n) is 8.03. The van der Waals surface area contributed by atoms with Crippen molar-refractivity contribution < 1.29 is 13.2 Å². The minimum atomic E-state index is -3.80. The number of rotatable bonds is 6. The van der Waals surface area contributed by atoms with E-state index in [0.29, 0.717) is 23.7 Å². The Bertz CT molecular complexity index is 1420. The van der Waals surface area contributed by atoms with Crippen molar-refractivity contribution in [2.45, 2.75) is 18.2 Å². The van der Waals surface area contributed by atoms with Crippen molar-refractivity contribution in [1.82, 2.24) is 9.97 Å². The summed E-state index contributed by atoms with van der Waals surface area (Å²) in [6, 6.07) is 22.3. The number of methoxy groups -OCH3 is 1. The van der Waals surface area contributed by atoms with Crippen molar-refractivity contribution in [3.8, 4) is 5.75 Å². The molecule has 0 fully saturated rings. The third kappa shape index (κ3) is 3.98. The Kier molecular flexibility index (Phi) is 5.38. The lowest BCUT2D eigenvalue weighted by Crippen LogP contribution is -2.36. The summed E-state index contributed by atoms with van der Waals surface area (Å²) in [6.45, 7) is 2.65. The van der Waals surface area contributed by atoms with Gasteiger partial charge in [-0.15, -0.1) is 0 Å². The van der Waals surface area contributed by atoms with E-state index in [1.807, 2.05) is 66.4 Å². The topological polar surface area (TPSA) is 75.6 Å². The van der Waals surface area contributed by atoms with E-state index >= 15 is 0 Å². The van der Waals surface area contributed by atoms with Gasteiger partial charge >= 0.3 is 0 Å². The maximum absolute atomic E-state index is 13.6. The fourth-order valence-electron chi connectivity index (χ4n) is 3.98. The number of ether oxygens (including phenoxy) is 1. The Morgan fingerprint density at radius 1 is 0.909 bits per heavy atom. The lowest BCUT2D eigenvalue weighted by Gasteiger charge is -2.21. The molecule has 0 N–H and O–H groups in total. The molecule has 0 aliphatic carbocycles. The third-order valence-corrected chi connectivity index (χ3v) is 7.49. The summed E-state index contributed by atoms with van der Waals surface area (Å²) in [6.07, 6.45) is 0.732. The number of fused-ring (bicyclic) bond motifs is 2. The number of benzene rings is 3. The van der Waals surface area contributed by atoms with E-state index in [-0.39, 0.29) is 11.6 Å². The molecule has 7 nitrogen and oxygen atoms in total. The van der Waals surface area contributed by atoms with Crippen LogP contribution in [0.4, 0.5) is 11.6 Å². The van der Waals surface area contributed by atoms with Crippen LogP contribution in [0.25, 0.3) is 11.0 Å². The Hall–Kier alpha value is -3.65. The van der Waals surface area contributed by atoms with E-state index in [2.05, 4.69) is 0 Å². The monoisotopic (exact) mass is 460 g/mol. The van der Waals surface area contributed by atoms with Gasteiger partial charge in [-0.1, -0.05) is 36.4 Å². The molecule has 0 amide bonds. The van der Waals surface area contributed by atoms with Crippen molar-refractivity contribution in [3.05, 3.63) is 83.9 Å². The number of nitrogens with zero attached hydrogens (tertiary/aromatic N) is 4. The first-order valence-corrected chi connectivity index (χ1v) is 12.1. The molecule has 33 heavy (non-hydrogen) atoms. The van der Waals surface area contributed by atoms with E-state index in [9.17, 15) is 8.42 Å². The van der Waals surface area contributed by atoms with Crippen molar-refractivity contribution in [2.75, 3.05) is 29.5 Å². The standard InChI is InChI=1S/C25H24N4O3S/c1-18-6-5-7-21(16-18)33(30,31)29-17-28(15-14-19-10-12-20(32-2)13-11-19)24-25(29)27-23-9-4-3-8-22(23)26-24/h3-13,16H,14-15,17H2,1-2H3. The van der Waals surface area contributed by atoms with Crippen LogP contribution in [0.1, 0.15) is 11.1 Å². The van der Waals surface area contributed by atoms with Gasteiger partial charge in [0.15, 0.2) is 11.6 Å². The van der Waals surface area contributed by atoms with Crippen LogP contribution in [0, 0.1) is 6.92 Å². The first-order chi connectivity index (χ1) is 16.0. The summed E-state index contributed by atoms with van der Waals surface area (Å²) in [7, 11) is -2.15. The van der Waals surface area contributed by atoms with Crippen LogP contribution in [0.3, 0.4) is 0 Å². The van der Waals surface area contributed by atoms with E-state index in [0.717, 1.165) is 28.8 Å². The quantitative estimate of drug-likeness (QED) is 0.430. The lowest BCUT2D eigenvalue weighted by molar-refractivity contribution is 0.414. The number of aromatic nitrogens is 2. The molecular formula is C25H24N4O3S. The zero-order chi connectivity index (χ0) is 23.0. The zero-order valence-electron chi connectivity index (χ0n) is 18.5. The highest BCUT2D eigenvalue weighted by Gasteiger charge is 2.37. The van der Waals surface area contributed by atoms with Crippen LogP contribution in [-0.4, -0.2) is 38.7 Å². The minimum Gasteiger partial charge on any atom is -0.497 e. The molecule has 0 radical (unpaired) electrons. The van der Waals surface area contributed by atoms with Gasteiger partial charge < -0.3 is 9.64 Å². The van der Waals surface area contributed by atoms with Crippen LogP contribution in [0.15, 0.2) is 77.7 Å². The van der Waals surface area contributed by atoms with Crippen molar-refractivity contribution in [1.29, 1.82) is 0 Å². The second-order valence-corrected chi connectivity index (χ2v) is 9.89. The summed E-state index contributed by atoms with van der Waals surface area (Å²) in [5.74, 6) is 1.75. The van der Waals surface area contributed by atoms with Crippen molar-refractivity contribution in [2.24, 2.45) is 0 Å². The van der Waals surface area contributed by atoms with Gasteiger partial charge in [-0.05, 0) is 60.9 Å². The predicted octanol–water partition coefficient (Wildman–Crippen LogP) is 4.16. The maximum Gasteiger partial charge on any atom is 0.267 e. The molecule has 0 unspecified atom stereocenters. The molecule has 0 spiro atoms. The average molecular weight is 461 g/mol. The Morgan fingerprint density at radius 2 is 1.61 bits per heavy atom. The van der Waals surface area contributed by atoms with Crippen LogP contribution >= 0.6 is 0 Å². The summed E-state index contributed by atoms with van der Waals surface area (Å²) in [5, 5.41) is 0. The first-order valence-electron chi connectivity index (χ1n) is 10.7. The van der Waals surface area contributed by atoms with Crippen LogP contribution in [0.5, 0.6) is 5.75 Å². The van der Waals surface area contributed by atoms with Crippen LogP contribution < -0.4 is 13.9 Å². The fraction of sp³-hybridized carbons (Fsp3) is 0.200. The third-order valence-electron chi connectivity index (χ3n) is 5.78. The molecule has 168 valence electrons. The Morgan fingerprint density at radius 3 is 2.27 bits per heavy atom. The van der Waals surface area contributed by atoms with Gasteiger partial charge in [0.25, 0.3) is 10.0 Å². The summed E-state index contributed by atoms with van der Waals surface area (Å²) >= 11 is 0. The van der Waals surface area contributed by atoms with E-state index < -0.39 is 10.0 Å². The highest BCUT2D eigenvalue weighted by atomic mass is 32.2. The van der Waals surface area contributed by atoms with Gasteiger partial charge in [-0.3, -0.25) is 0 Å². The molecule has 0 atom stereocenters. The maximum atomic E-state index is 13.6. The van der Waals surface area contributed by atoms with Crippen LogP contribution in [0.2, 0.25) is 0 Å². The van der Waals surface area contributed by atoms with Gasteiger partial charge in [0.1, 0.15) is 12.4 Å². The molecule has 1 aromatic heterocycles. The summed E-state index contributed by atoms with van der Waals surface area (Å²) in [4.78, 5) is 11.7. The summed E-state index contributed by atoms with van der Waals surface area (Å²) < 4.78 is 33.8. The molecule has 0 bridgehead atoms. The first kappa shape index (κ1) is 21.2. The van der Waals surface area contributed by atoms with E-state index in [1.165, 1.54) is 4.31 Å². The molecule has 0 saturated carbocycles. The van der Waals surface area contributed by atoms with E-state index in [4.69, 9.17) is 14.7 Å². The van der Waals surface area contributed by atoms with Gasteiger partial charge in [-0.25, -0.2) is 22.7 Å². The van der Waals surface area contributed by atoms with Crippen molar-refractivity contribution >= 4 is 32.7 Å². The minimum absolute atomic E-state index is 0.165. The molecule has 5 rings (SSSR count). The lowest BCUT2D eigenvalue weighted by atomic mass is 10.1. The van der Waals surface area contributed by atoms with Gasteiger partial charge in [0, 0.05) is 6.54 Å². The number of hydrogen-bond acceptors (Lipinski definition) is 6. The molecule has 1 aliphatic rings. The number of anilines is 2. The molecule has 4 aromatic rings. The Balaban J connectivity index is 1.52. The molecular weight excluding hydrogens is 436 g/mol. The average Bonchev–Trinajstić information content (AvgIpc) is 3.20. The summed E-state index contributed by atoms with van der Waals surface area (Å²) in [5.41, 5.74) is 3.42. The number of hydrogen-bond donors (Lipinski definition) is 0. The number of aryl methyl sites for hydroxylation is 1. The number of para-hydroxylation sites is 2. The largest absolute Gasteiger partial charge is 0.497 e. The second kappa shape index (κ2) is 8.37. The molecule has 0 saturated heterocycles. The Labute approximate surface area is 193 Å². The van der Waals surface area contributed by atoms with E-state index in [1.54, 1.807) is 25.3 Å². The van der Waals surface area contributed by atoms with Gasteiger partial charge in [0.05, 0.1) is 23.0 Å². The smallest absolute Gasteiger partial charge is 0.267 e.